The van der Waals surface area contributed by atoms with Crippen molar-refractivity contribution in [2.75, 3.05) is 0 Å². The number of pyridine rings is 10. The van der Waals surface area contributed by atoms with Gasteiger partial charge in [0.05, 0.1) is 43.1 Å². The Morgan fingerprint density at radius 2 is 0.700 bits per heavy atom. The Labute approximate surface area is 750 Å². The van der Waals surface area contributed by atoms with Crippen LogP contribution in [0.25, 0.3) is 160 Å². The minimum Gasteiger partial charge on any atom is -0.225 e. The first-order valence-corrected chi connectivity index (χ1v) is 47.8. The number of fused-ring (bicyclic) bond motifs is 4. The van der Waals surface area contributed by atoms with Gasteiger partial charge in [0.15, 0.2) is 109 Å². The normalized spacial score (nSPS) is 18.8. The summed E-state index contributed by atoms with van der Waals surface area (Å²) in [6, 6.07) is 57.4. The lowest BCUT2D eigenvalue weighted by Gasteiger charge is -2.42. The molecular weight excluding hydrogens is 1590 g/mol. The van der Waals surface area contributed by atoms with Crippen molar-refractivity contribution in [2.45, 2.75) is 226 Å². The molecule has 36 rings (SSSR count). The molecule has 0 atom stereocenters. The minimum absolute atomic E-state index is 0.0158. The quantitative estimate of drug-likeness (QED) is 0.116. The molecule has 0 N–H and O–H groups in total. The molecule has 0 fully saturated rings. The maximum Gasteiger partial charge on any atom is 0.301 e. The van der Waals surface area contributed by atoms with Crippen LogP contribution >= 0.6 is 0 Å². The van der Waals surface area contributed by atoms with E-state index in [2.05, 4.69) is 380 Å². The minimum atomic E-state index is -0.0186. The highest BCUT2D eigenvalue weighted by Crippen LogP contribution is 2.59. The summed E-state index contributed by atoms with van der Waals surface area (Å²) >= 11 is 0. The molecule has 15 heteroatoms. The van der Waals surface area contributed by atoms with Crippen LogP contribution in [-0.4, -0.2) is 22.2 Å². The summed E-state index contributed by atoms with van der Waals surface area (Å²) in [6.45, 7) is 51.2. The number of hydrogen-bond donors (Lipinski definition) is 0. The second kappa shape index (κ2) is 21.5. The van der Waals surface area contributed by atoms with Crippen molar-refractivity contribution in [3.8, 4) is 11.3 Å². The van der Waals surface area contributed by atoms with E-state index in [0.29, 0.717) is 0 Å². The van der Waals surface area contributed by atoms with Gasteiger partial charge in [-0.1, -0.05) is 214 Å². The second-order valence-electron chi connectivity index (χ2n) is 45.6. The molecule has 0 amide bonds. The highest BCUT2D eigenvalue weighted by atomic mass is 15.2. The average molecular weight is 1700 g/mol. The molecule has 0 aliphatic carbocycles. The van der Waals surface area contributed by atoms with E-state index in [-0.39, 0.29) is 43.3 Å². The number of aromatic nitrogens is 15. The first kappa shape index (κ1) is 71.5. The number of benzene rings is 7. The molecule has 130 heavy (non-hydrogen) atoms. The molecule has 15 aromatic heterocycles. The molecule has 0 spiro atoms. The van der Waals surface area contributed by atoms with Crippen molar-refractivity contribution >= 4 is 148 Å². The topological polar surface area (TPSA) is 61.6 Å². The number of imidazole rings is 5. The number of para-hydroxylation sites is 2. The summed E-state index contributed by atoms with van der Waals surface area (Å²) in [7, 11) is 0. The van der Waals surface area contributed by atoms with E-state index < -0.39 is 0 Å². The van der Waals surface area contributed by atoms with Gasteiger partial charge in [0, 0.05) is 164 Å². The summed E-state index contributed by atoms with van der Waals surface area (Å²) < 4.78 is 37.9. The van der Waals surface area contributed by atoms with E-state index in [1.807, 2.05) is 0 Å². The summed E-state index contributed by atoms with van der Waals surface area (Å²) in [5.41, 5.74) is 55.3. The largest absolute Gasteiger partial charge is 0.301 e. The Bertz CT molecular complexity index is 9420. The van der Waals surface area contributed by atoms with Crippen molar-refractivity contribution < 1.29 is 45.5 Å². The zero-order valence-electron chi connectivity index (χ0n) is 77.3. The number of hydrogen-bond acceptors (Lipinski definition) is 0. The van der Waals surface area contributed by atoms with E-state index in [9.17, 15) is 0 Å². The Hall–Kier alpha value is -13.4. The molecule has 0 bridgehead atoms. The van der Waals surface area contributed by atoms with Crippen LogP contribution in [0.1, 0.15) is 217 Å². The predicted molar refractivity (Wildman–Crippen MR) is 507 cm³/mol. The first-order valence-electron chi connectivity index (χ1n) is 47.8. The number of rotatable bonds is 1. The van der Waals surface area contributed by atoms with Gasteiger partial charge in [-0.25, -0.2) is 22.8 Å². The van der Waals surface area contributed by atoms with E-state index in [0.717, 1.165) is 65.4 Å². The van der Waals surface area contributed by atoms with Gasteiger partial charge in [-0.15, -0.1) is 0 Å². The molecular formula is C115H103N15+10. The van der Waals surface area contributed by atoms with Crippen LogP contribution in [0.15, 0.2) is 195 Å². The lowest BCUT2D eigenvalue weighted by atomic mass is 9.60. The smallest absolute Gasteiger partial charge is 0.225 e. The van der Waals surface area contributed by atoms with Crippen molar-refractivity contribution in [3.63, 3.8) is 0 Å². The molecule has 0 unspecified atom stereocenters. The monoisotopic (exact) mass is 1690 g/mol. The molecule has 15 nitrogen and oxygen atoms in total. The summed E-state index contributed by atoms with van der Waals surface area (Å²) in [6.07, 6.45) is 16.3. The third-order valence-corrected chi connectivity index (χ3v) is 38.5. The van der Waals surface area contributed by atoms with Crippen LogP contribution in [0.2, 0.25) is 0 Å². The van der Waals surface area contributed by atoms with E-state index in [1.165, 1.54) is 266 Å². The fourth-order valence-corrected chi connectivity index (χ4v) is 29.4. The summed E-state index contributed by atoms with van der Waals surface area (Å²) in [5.74, 6) is 0. The van der Waals surface area contributed by atoms with Gasteiger partial charge in [0.2, 0.25) is 27.6 Å². The van der Waals surface area contributed by atoms with Gasteiger partial charge in [0.25, 0.3) is 44.7 Å². The summed E-state index contributed by atoms with van der Waals surface area (Å²) in [5, 5.41) is 14.9. The van der Waals surface area contributed by atoms with Gasteiger partial charge in [-0.3, -0.25) is 0 Å². The molecule has 7 aromatic carbocycles. The zero-order chi connectivity index (χ0) is 87.1. The fraction of sp³-hybridized carbons (Fsp3) is 0.304. The Kier molecular flexibility index (Phi) is 11.8. The lowest BCUT2D eigenvalue weighted by Crippen LogP contribution is -2.52. The average Bonchev–Trinajstić information content (AvgIpc) is 1.23. The highest BCUT2D eigenvalue weighted by Gasteiger charge is 2.61. The summed E-state index contributed by atoms with van der Waals surface area (Å²) in [4.78, 5) is 0. The third-order valence-electron chi connectivity index (χ3n) is 38.5. The standard InChI is InChI=1S/C28H25N3.C23H23N3.2C22H21N3.C20H13N3/c1-27(2)19-12-13-29-14-17-10-11-18-15-30-22(16-8-6-5-7-9-16)25(28(27,3)4)31-23(19)24(29)20(17)21(18)26(30)31;1-12-20-23(4,5)22(2,3)15-8-9-24-10-13-6-7-14-11-25(12)21-17(14)16(13)19(24)18(15)26(20)21;1-21(2)14-6-5-12-9-23-8-7-13-10-24-11-15(22(21,3)4)25-18(14)16(12)19(23)17(13)20(24)25;1-21(2)14-7-8-23-9-12-5-6-13-10-24-11-15(22(21,3)4)25-18(14)19(23)16(12)17(13)20(24)25;1-2-5-15-14(4-1)22-11-13-8-7-12-10-21-9-3-6-16-19(21)17(12)18(13)20(22)23(15)16/h5-13H,14-15H2,1-4H3;6-9H,10-11H2,1-5H3;2*5-8,11H,9-10H2,1-4H3;1-9H,10-11H2/q5*+2. The molecule has 22 aromatic rings. The Balaban J connectivity index is 0.0000000758. The molecule has 628 valence electrons. The molecule has 0 saturated carbocycles. The van der Waals surface area contributed by atoms with Gasteiger partial charge < -0.3 is 0 Å². The van der Waals surface area contributed by atoms with Crippen LogP contribution in [0.5, 0.6) is 0 Å². The van der Waals surface area contributed by atoms with E-state index >= 15 is 0 Å². The maximum absolute atomic E-state index is 2.66. The van der Waals surface area contributed by atoms with Crippen LogP contribution in [0, 0.1) is 6.92 Å². The third kappa shape index (κ3) is 7.35. The maximum atomic E-state index is 2.66. The van der Waals surface area contributed by atoms with Crippen molar-refractivity contribution in [2.24, 2.45) is 0 Å². The van der Waals surface area contributed by atoms with Crippen LogP contribution in [0.4, 0.5) is 0 Å². The van der Waals surface area contributed by atoms with Gasteiger partial charge in [0.1, 0.15) is 61.6 Å². The second-order valence-corrected chi connectivity index (χ2v) is 45.6. The number of nitrogens with zero attached hydrogens (tertiary/aromatic N) is 15. The SMILES string of the molecule is CC1(C)c2cc[n+]3c4c5c(ccc6c5c5n(c(c(-c7ccccc7)[n+]5C6)C1(C)C)c24)C3.CC1(C)c2cc[n+]3c4c5c(ccc6c5c5n(c(c[n+]5C6)C1(C)C)c24)C3.CC1(C)c2ccc3c4c2n2c(c[n+]5c2c2c(cc[n+](c42)C3)C5)C1(C)C.Cc1c2[n+]3c4c(cc[n+]5c4c4c(ccc6c4c3n1C6)C5)C(C)(C)C2(C)C.c1ccc2c(c1)n1c3ccc[n+]4c3c3c(ccc5c3c1[n+]2C5)C4. The zero-order valence-corrected chi connectivity index (χ0v) is 77.3. The van der Waals surface area contributed by atoms with Gasteiger partial charge >= 0.3 is 5.65 Å². The van der Waals surface area contributed by atoms with Crippen LogP contribution < -0.4 is 45.5 Å². The Morgan fingerprint density at radius 3 is 1.34 bits per heavy atom. The lowest BCUT2D eigenvalue weighted by molar-refractivity contribution is -0.660. The predicted octanol–water partition coefficient (Wildman–Crippen LogP) is 17.1. The molecule has 14 aliphatic rings. The molecule has 14 aliphatic heterocycles. The molecule has 29 heterocycles. The van der Waals surface area contributed by atoms with Gasteiger partial charge in [-0.05, 0) is 18.2 Å². The van der Waals surface area contributed by atoms with Crippen LogP contribution in [0.3, 0.4) is 0 Å². The van der Waals surface area contributed by atoms with Gasteiger partial charge in [-0.2, -0.15) is 44.8 Å². The first-order chi connectivity index (χ1) is 62.5. The Morgan fingerprint density at radius 1 is 0.269 bits per heavy atom. The van der Waals surface area contributed by atoms with Crippen molar-refractivity contribution in [1.82, 2.24) is 22.2 Å². The fourth-order valence-electron chi connectivity index (χ4n) is 29.4. The highest BCUT2D eigenvalue weighted by molar-refractivity contribution is 6.18. The van der Waals surface area contributed by atoms with E-state index in [4.69, 9.17) is 0 Å². The van der Waals surface area contributed by atoms with Crippen molar-refractivity contribution in [1.29, 1.82) is 0 Å². The van der Waals surface area contributed by atoms with Crippen LogP contribution in [-0.2, 0) is 109 Å². The van der Waals surface area contributed by atoms with Crippen molar-refractivity contribution in [3.05, 3.63) is 301 Å². The van der Waals surface area contributed by atoms with E-state index in [1.54, 1.807) is 0 Å². The molecule has 0 saturated heterocycles. The molecule has 0 radical (unpaired) electrons.